The van der Waals surface area contributed by atoms with Gasteiger partial charge in [-0.3, -0.25) is 0 Å². The van der Waals surface area contributed by atoms with Crippen LogP contribution >= 0.6 is 0 Å². The van der Waals surface area contributed by atoms with Crippen LogP contribution in [0.2, 0.25) is 0 Å². The zero-order chi connectivity index (χ0) is 12.4. The van der Waals surface area contributed by atoms with Crippen molar-refractivity contribution in [3.05, 3.63) is 34.9 Å². The van der Waals surface area contributed by atoms with E-state index in [1.54, 1.807) is 0 Å². The molecule has 1 fully saturated rings. The molecule has 1 aromatic carbocycles. The maximum absolute atomic E-state index is 13.6. The van der Waals surface area contributed by atoms with Crippen LogP contribution in [0.5, 0.6) is 0 Å². The molecule has 0 radical (unpaired) electrons. The quantitative estimate of drug-likeness (QED) is 0.864. The van der Waals surface area contributed by atoms with Crippen molar-refractivity contribution in [3.63, 3.8) is 0 Å². The van der Waals surface area contributed by atoms with E-state index in [1.165, 1.54) is 13.0 Å². The Morgan fingerprint density at radius 3 is 2.76 bits per heavy atom. The van der Waals surface area contributed by atoms with Crippen LogP contribution < -0.4 is 5.32 Å². The molecule has 2 unspecified atom stereocenters. The van der Waals surface area contributed by atoms with Crippen LogP contribution in [0.4, 0.5) is 13.2 Å². The van der Waals surface area contributed by atoms with Crippen molar-refractivity contribution >= 4 is 0 Å². The van der Waals surface area contributed by atoms with E-state index in [0.29, 0.717) is 19.7 Å². The minimum Gasteiger partial charge on any atom is -0.371 e. The Hall–Kier alpha value is -1.07. The Labute approximate surface area is 97.8 Å². The summed E-state index contributed by atoms with van der Waals surface area (Å²) in [6, 6.07) is 2.22. The van der Waals surface area contributed by atoms with E-state index in [-0.39, 0.29) is 11.1 Å². The minimum absolute atomic E-state index is 0.0803. The zero-order valence-corrected chi connectivity index (χ0v) is 9.47. The van der Waals surface area contributed by atoms with Crippen molar-refractivity contribution in [1.82, 2.24) is 5.32 Å². The molecule has 1 saturated heterocycles. The van der Waals surface area contributed by atoms with Crippen LogP contribution in [0.3, 0.4) is 0 Å². The number of benzene rings is 1. The first-order valence-corrected chi connectivity index (χ1v) is 5.55. The third-order valence-corrected chi connectivity index (χ3v) is 2.81. The first-order chi connectivity index (χ1) is 8.09. The SMILES string of the molecule is CC(F)c1cc(F)c(F)c(C2CNCCO2)c1. The van der Waals surface area contributed by atoms with E-state index >= 15 is 0 Å². The van der Waals surface area contributed by atoms with Crippen molar-refractivity contribution < 1.29 is 17.9 Å². The number of alkyl halides is 1. The highest BCUT2D eigenvalue weighted by Gasteiger charge is 2.23. The third kappa shape index (κ3) is 2.61. The van der Waals surface area contributed by atoms with E-state index in [4.69, 9.17) is 4.74 Å². The summed E-state index contributed by atoms with van der Waals surface area (Å²) < 4.78 is 45.5. The first kappa shape index (κ1) is 12.4. The molecule has 0 amide bonds. The average Bonchev–Trinajstić information content (AvgIpc) is 2.33. The Bertz CT molecular complexity index is 403. The predicted molar refractivity (Wildman–Crippen MR) is 57.4 cm³/mol. The maximum Gasteiger partial charge on any atom is 0.164 e. The molecule has 0 spiro atoms. The van der Waals surface area contributed by atoms with E-state index in [9.17, 15) is 13.2 Å². The van der Waals surface area contributed by atoms with Gasteiger partial charge in [0, 0.05) is 18.7 Å². The highest BCUT2D eigenvalue weighted by Crippen LogP contribution is 2.28. The number of ether oxygens (including phenoxy) is 1. The molecule has 94 valence electrons. The second-order valence-corrected chi connectivity index (χ2v) is 4.09. The van der Waals surface area contributed by atoms with Gasteiger partial charge in [-0.15, -0.1) is 0 Å². The van der Waals surface area contributed by atoms with Crippen LogP contribution in [-0.2, 0) is 4.74 Å². The van der Waals surface area contributed by atoms with Gasteiger partial charge in [-0.2, -0.15) is 0 Å². The van der Waals surface area contributed by atoms with Gasteiger partial charge in [0.25, 0.3) is 0 Å². The van der Waals surface area contributed by atoms with Gasteiger partial charge in [0.1, 0.15) is 6.17 Å². The molecule has 2 nitrogen and oxygen atoms in total. The Morgan fingerprint density at radius 2 is 2.18 bits per heavy atom. The van der Waals surface area contributed by atoms with Gasteiger partial charge < -0.3 is 10.1 Å². The van der Waals surface area contributed by atoms with Crippen LogP contribution in [0.1, 0.15) is 30.3 Å². The molecule has 17 heavy (non-hydrogen) atoms. The highest BCUT2D eigenvalue weighted by atomic mass is 19.2. The summed E-state index contributed by atoms with van der Waals surface area (Å²) in [5.74, 6) is -1.99. The summed E-state index contributed by atoms with van der Waals surface area (Å²) in [5.41, 5.74) is 0.213. The van der Waals surface area contributed by atoms with Crippen molar-refractivity contribution in [2.75, 3.05) is 19.7 Å². The van der Waals surface area contributed by atoms with E-state index in [0.717, 1.165) is 6.07 Å². The summed E-state index contributed by atoms with van der Waals surface area (Å²) in [5, 5.41) is 3.02. The fourth-order valence-corrected chi connectivity index (χ4v) is 1.86. The molecular formula is C12H14F3NO. The van der Waals surface area contributed by atoms with Crippen molar-refractivity contribution in [1.29, 1.82) is 0 Å². The molecule has 0 aliphatic carbocycles. The monoisotopic (exact) mass is 245 g/mol. The van der Waals surface area contributed by atoms with Crippen LogP contribution in [0.15, 0.2) is 12.1 Å². The van der Waals surface area contributed by atoms with Gasteiger partial charge >= 0.3 is 0 Å². The van der Waals surface area contributed by atoms with Crippen LogP contribution in [0, 0.1) is 11.6 Å². The lowest BCUT2D eigenvalue weighted by molar-refractivity contribution is 0.0250. The molecule has 0 bridgehead atoms. The third-order valence-electron chi connectivity index (χ3n) is 2.81. The lowest BCUT2D eigenvalue weighted by Gasteiger charge is -2.25. The second kappa shape index (κ2) is 5.06. The largest absolute Gasteiger partial charge is 0.371 e. The number of hydrogen-bond acceptors (Lipinski definition) is 2. The lowest BCUT2D eigenvalue weighted by atomic mass is 10.0. The Balaban J connectivity index is 2.36. The molecule has 0 saturated carbocycles. The standard InChI is InChI=1S/C12H14F3NO/c1-7(13)8-4-9(12(15)10(14)5-8)11-6-16-2-3-17-11/h4-5,7,11,16H,2-3,6H2,1H3. The number of hydrogen-bond donors (Lipinski definition) is 1. The Morgan fingerprint density at radius 1 is 1.41 bits per heavy atom. The van der Waals surface area contributed by atoms with Crippen LogP contribution in [-0.4, -0.2) is 19.7 Å². The molecule has 2 atom stereocenters. The van der Waals surface area contributed by atoms with Gasteiger partial charge in [-0.1, -0.05) is 0 Å². The van der Waals surface area contributed by atoms with Crippen molar-refractivity contribution in [2.24, 2.45) is 0 Å². The normalized spacial score (nSPS) is 22.5. The fourth-order valence-electron chi connectivity index (χ4n) is 1.86. The summed E-state index contributed by atoms with van der Waals surface area (Å²) in [4.78, 5) is 0. The van der Waals surface area contributed by atoms with Gasteiger partial charge in [0.15, 0.2) is 11.6 Å². The number of nitrogens with one attached hydrogen (secondary N) is 1. The molecule has 1 heterocycles. The molecule has 0 aromatic heterocycles. The van der Waals surface area contributed by atoms with E-state index in [1.807, 2.05) is 0 Å². The highest BCUT2D eigenvalue weighted by molar-refractivity contribution is 5.30. The molecule has 1 N–H and O–H groups in total. The minimum atomic E-state index is -1.33. The first-order valence-electron chi connectivity index (χ1n) is 5.55. The molecule has 1 aliphatic rings. The van der Waals surface area contributed by atoms with Crippen molar-refractivity contribution in [3.8, 4) is 0 Å². The average molecular weight is 245 g/mol. The maximum atomic E-state index is 13.6. The van der Waals surface area contributed by atoms with E-state index in [2.05, 4.69) is 5.32 Å². The fraction of sp³-hybridized carbons (Fsp3) is 0.500. The van der Waals surface area contributed by atoms with Gasteiger partial charge in [0.2, 0.25) is 0 Å². The smallest absolute Gasteiger partial charge is 0.164 e. The summed E-state index contributed by atoms with van der Waals surface area (Å²) in [6.07, 6.45) is -1.89. The lowest BCUT2D eigenvalue weighted by Crippen LogP contribution is -2.34. The predicted octanol–water partition coefficient (Wildman–Crippen LogP) is 2.66. The molecule has 2 rings (SSSR count). The van der Waals surface area contributed by atoms with Gasteiger partial charge in [-0.05, 0) is 24.6 Å². The molecule has 5 heteroatoms. The Kier molecular flexibility index (Phi) is 3.69. The summed E-state index contributed by atoms with van der Waals surface area (Å²) >= 11 is 0. The van der Waals surface area contributed by atoms with Crippen LogP contribution in [0.25, 0.3) is 0 Å². The molecule has 1 aliphatic heterocycles. The number of halogens is 3. The number of morpholine rings is 1. The van der Waals surface area contributed by atoms with E-state index < -0.39 is 23.9 Å². The zero-order valence-electron chi connectivity index (χ0n) is 9.47. The number of rotatable bonds is 2. The van der Waals surface area contributed by atoms with Gasteiger partial charge in [-0.25, -0.2) is 13.2 Å². The van der Waals surface area contributed by atoms with Crippen molar-refractivity contribution in [2.45, 2.75) is 19.2 Å². The molecule has 1 aromatic rings. The topological polar surface area (TPSA) is 21.3 Å². The van der Waals surface area contributed by atoms with Gasteiger partial charge in [0.05, 0.1) is 12.7 Å². The summed E-state index contributed by atoms with van der Waals surface area (Å²) in [7, 11) is 0. The molecular weight excluding hydrogens is 231 g/mol. The second-order valence-electron chi connectivity index (χ2n) is 4.09. The summed E-state index contributed by atoms with van der Waals surface area (Å²) in [6.45, 7) is 2.80.